The fourth-order valence-corrected chi connectivity index (χ4v) is 2.74. The molecule has 28 heavy (non-hydrogen) atoms. The van der Waals surface area contributed by atoms with E-state index >= 15 is 0 Å². The number of hydrogen-bond acceptors (Lipinski definition) is 6. The lowest BCUT2D eigenvalue weighted by Crippen LogP contribution is -1.92. The standard InChI is InChI=1S/C21H16N2O5/c1-26-20-9-7-14(12-21(20)27-2)15(13-22)11-16-8-10-19(28-16)17-5-3-4-6-18(17)23(24)25/h3-12H,1-2H3. The molecule has 0 aliphatic carbocycles. The topological polar surface area (TPSA) is 98.5 Å². The van der Waals surface area contributed by atoms with Gasteiger partial charge in [-0.1, -0.05) is 12.1 Å². The van der Waals surface area contributed by atoms with Crippen molar-refractivity contribution in [1.29, 1.82) is 5.26 Å². The van der Waals surface area contributed by atoms with Crippen LogP contribution in [0.15, 0.2) is 59.0 Å². The summed E-state index contributed by atoms with van der Waals surface area (Å²) in [6.07, 6.45) is 1.57. The smallest absolute Gasteiger partial charge is 0.280 e. The number of nitriles is 1. The van der Waals surface area contributed by atoms with Crippen molar-refractivity contribution in [1.82, 2.24) is 0 Å². The average molecular weight is 376 g/mol. The minimum Gasteiger partial charge on any atom is -0.493 e. The first kappa shape index (κ1) is 18.7. The Morgan fingerprint density at radius 1 is 1.11 bits per heavy atom. The molecule has 0 atom stereocenters. The zero-order valence-electron chi connectivity index (χ0n) is 15.2. The molecule has 3 aromatic rings. The molecule has 0 radical (unpaired) electrons. The Labute approximate surface area is 161 Å². The number of methoxy groups -OCH3 is 2. The van der Waals surface area contributed by atoms with E-state index < -0.39 is 4.92 Å². The molecular weight excluding hydrogens is 360 g/mol. The first-order valence-corrected chi connectivity index (χ1v) is 8.25. The van der Waals surface area contributed by atoms with Crippen molar-refractivity contribution >= 4 is 17.3 Å². The summed E-state index contributed by atoms with van der Waals surface area (Å²) < 4.78 is 16.2. The summed E-state index contributed by atoms with van der Waals surface area (Å²) in [7, 11) is 3.05. The lowest BCUT2D eigenvalue weighted by Gasteiger charge is -2.08. The second-order valence-corrected chi connectivity index (χ2v) is 5.72. The van der Waals surface area contributed by atoms with Crippen molar-refractivity contribution in [3.63, 3.8) is 0 Å². The number of hydrogen-bond donors (Lipinski definition) is 0. The SMILES string of the molecule is COc1ccc(C(C#N)=Cc2ccc(-c3ccccc3[N+](=O)[O-])o2)cc1OC. The van der Waals surface area contributed by atoms with Crippen molar-refractivity contribution in [3.8, 4) is 28.9 Å². The number of ether oxygens (including phenoxy) is 2. The third-order valence-electron chi connectivity index (χ3n) is 4.09. The summed E-state index contributed by atoms with van der Waals surface area (Å²) in [6, 6.07) is 16.9. The summed E-state index contributed by atoms with van der Waals surface area (Å²) in [5.74, 6) is 1.81. The van der Waals surface area contributed by atoms with Gasteiger partial charge in [-0.2, -0.15) is 5.26 Å². The molecule has 0 unspecified atom stereocenters. The molecule has 0 N–H and O–H groups in total. The van der Waals surface area contributed by atoms with Crippen molar-refractivity contribution in [2.45, 2.75) is 0 Å². The molecule has 0 spiro atoms. The predicted molar refractivity (Wildman–Crippen MR) is 104 cm³/mol. The second-order valence-electron chi connectivity index (χ2n) is 5.72. The molecule has 0 amide bonds. The number of allylic oxidation sites excluding steroid dienone is 1. The summed E-state index contributed by atoms with van der Waals surface area (Å²) in [5, 5.41) is 20.8. The molecule has 1 heterocycles. The van der Waals surface area contributed by atoms with Crippen LogP contribution in [0.3, 0.4) is 0 Å². The zero-order chi connectivity index (χ0) is 20.1. The first-order valence-electron chi connectivity index (χ1n) is 8.25. The van der Waals surface area contributed by atoms with Crippen LogP contribution in [0.2, 0.25) is 0 Å². The van der Waals surface area contributed by atoms with Gasteiger partial charge in [-0.05, 0) is 48.0 Å². The van der Waals surface area contributed by atoms with Crippen LogP contribution in [0.5, 0.6) is 11.5 Å². The van der Waals surface area contributed by atoms with Crippen LogP contribution in [0.1, 0.15) is 11.3 Å². The number of nitro groups is 1. The molecule has 7 nitrogen and oxygen atoms in total. The fraction of sp³-hybridized carbons (Fsp3) is 0.0952. The van der Waals surface area contributed by atoms with Crippen LogP contribution in [0.25, 0.3) is 23.0 Å². The maximum Gasteiger partial charge on any atom is 0.280 e. The van der Waals surface area contributed by atoms with Crippen LogP contribution in [-0.2, 0) is 0 Å². The van der Waals surface area contributed by atoms with Gasteiger partial charge in [0.15, 0.2) is 11.5 Å². The van der Waals surface area contributed by atoms with Gasteiger partial charge < -0.3 is 13.9 Å². The van der Waals surface area contributed by atoms with Crippen molar-refractivity contribution in [2.75, 3.05) is 14.2 Å². The Hall–Kier alpha value is -4.05. The fourth-order valence-electron chi connectivity index (χ4n) is 2.74. The lowest BCUT2D eigenvalue weighted by molar-refractivity contribution is -0.384. The molecule has 3 rings (SSSR count). The highest BCUT2D eigenvalue weighted by Gasteiger charge is 2.17. The summed E-state index contributed by atoms with van der Waals surface area (Å²) >= 11 is 0. The molecule has 0 fully saturated rings. The van der Waals surface area contributed by atoms with Gasteiger partial charge in [0.25, 0.3) is 5.69 Å². The highest BCUT2D eigenvalue weighted by molar-refractivity contribution is 5.89. The summed E-state index contributed by atoms with van der Waals surface area (Å²) in [4.78, 5) is 10.7. The van der Waals surface area contributed by atoms with E-state index in [0.717, 1.165) is 0 Å². The minimum atomic E-state index is -0.461. The molecule has 2 aromatic carbocycles. The molecule has 0 saturated heterocycles. The average Bonchev–Trinajstić information content (AvgIpc) is 3.20. The molecule has 1 aromatic heterocycles. The number of rotatable bonds is 6. The quantitative estimate of drug-likeness (QED) is 0.343. The second kappa shape index (κ2) is 8.10. The number of nitrogens with zero attached hydrogens (tertiary/aromatic N) is 2. The Morgan fingerprint density at radius 3 is 2.54 bits per heavy atom. The normalized spacial score (nSPS) is 11.0. The predicted octanol–water partition coefficient (Wildman–Crippen LogP) is 4.94. The van der Waals surface area contributed by atoms with Crippen LogP contribution < -0.4 is 9.47 Å². The summed E-state index contributed by atoms with van der Waals surface area (Å²) in [5.41, 5.74) is 1.30. The van der Waals surface area contributed by atoms with E-state index in [4.69, 9.17) is 13.9 Å². The van der Waals surface area contributed by atoms with Gasteiger partial charge >= 0.3 is 0 Å². The molecule has 0 saturated carbocycles. The van der Waals surface area contributed by atoms with Gasteiger partial charge in [0.05, 0.1) is 36.3 Å². The molecule has 0 bridgehead atoms. The highest BCUT2D eigenvalue weighted by atomic mass is 16.6. The Balaban J connectivity index is 1.98. The number of nitro benzene ring substituents is 1. The molecule has 0 aliphatic heterocycles. The lowest BCUT2D eigenvalue weighted by atomic mass is 10.1. The van der Waals surface area contributed by atoms with Crippen molar-refractivity contribution < 1.29 is 18.8 Å². The van der Waals surface area contributed by atoms with E-state index in [1.165, 1.54) is 20.3 Å². The highest BCUT2D eigenvalue weighted by Crippen LogP contribution is 2.33. The molecular formula is C21H16N2O5. The first-order chi connectivity index (χ1) is 13.6. The van der Waals surface area contributed by atoms with E-state index in [2.05, 4.69) is 6.07 Å². The maximum absolute atomic E-state index is 11.2. The van der Waals surface area contributed by atoms with E-state index in [9.17, 15) is 15.4 Å². The van der Waals surface area contributed by atoms with Crippen LogP contribution in [0, 0.1) is 21.4 Å². The number of para-hydroxylation sites is 1. The molecule has 140 valence electrons. The zero-order valence-corrected chi connectivity index (χ0v) is 15.2. The van der Waals surface area contributed by atoms with Gasteiger partial charge in [0.2, 0.25) is 0 Å². The van der Waals surface area contributed by atoms with Gasteiger partial charge in [-0.15, -0.1) is 0 Å². The van der Waals surface area contributed by atoms with Gasteiger partial charge in [-0.3, -0.25) is 10.1 Å². The van der Waals surface area contributed by atoms with E-state index in [0.29, 0.717) is 39.7 Å². The van der Waals surface area contributed by atoms with Crippen LogP contribution in [0.4, 0.5) is 5.69 Å². The number of furan rings is 1. The minimum absolute atomic E-state index is 0.0484. The van der Waals surface area contributed by atoms with Gasteiger partial charge in [0, 0.05) is 6.07 Å². The summed E-state index contributed by atoms with van der Waals surface area (Å²) in [6.45, 7) is 0. The third-order valence-corrected chi connectivity index (χ3v) is 4.09. The molecule has 7 heteroatoms. The van der Waals surface area contributed by atoms with Crippen LogP contribution >= 0.6 is 0 Å². The Bertz CT molecular complexity index is 1090. The van der Waals surface area contributed by atoms with Gasteiger partial charge in [-0.25, -0.2) is 0 Å². The maximum atomic E-state index is 11.2. The van der Waals surface area contributed by atoms with E-state index in [1.54, 1.807) is 54.6 Å². The van der Waals surface area contributed by atoms with Crippen LogP contribution in [-0.4, -0.2) is 19.1 Å². The van der Waals surface area contributed by atoms with Gasteiger partial charge in [0.1, 0.15) is 11.5 Å². The number of benzene rings is 2. The van der Waals surface area contributed by atoms with Crippen molar-refractivity contribution in [2.24, 2.45) is 0 Å². The largest absolute Gasteiger partial charge is 0.493 e. The third kappa shape index (κ3) is 3.71. The van der Waals surface area contributed by atoms with E-state index in [1.807, 2.05) is 0 Å². The molecule has 0 aliphatic rings. The Kier molecular flexibility index (Phi) is 5.42. The Morgan fingerprint density at radius 2 is 1.86 bits per heavy atom. The van der Waals surface area contributed by atoms with E-state index in [-0.39, 0.29) is 5.69 Å². The van der Waals surface area contributed by atoms with Crippen molar-refractivity contribution in [3.05, 3.63) is 76.0 Å². The monoisotopic (exact) mass is 376 g/mol.